The van der Waals surface area contributed by atoms with Gasteiger partial charge in [0, 0.05) is 0 Å². The molecule has 0 radical (unpaired) electrons. The van der Waals surface area contributed by atoms with Crippen LogP contribution in [-0.4, -0.2) is 10.1 Å². The van der Waals surface area contributed by atoms with Crippen molar-refractivity contribution in [2.24, 2.45) is 0 Å². The van der Waals surface area contributed by atoms with E-state index in [1.165, 1.54) is 0 Å². The number of carbonyl (C=O) groups is 1. The summed E-state index contributed by atoms with van der Waals surface area (Å²) in [4.78, 5) is 8.57. The van der Waals surface area contributed by atoms with E-state index in [0.717, 1.165) is 0 Å². The van der Waals surface area contributed by atoms with Crippen LogP contribution in [0.2, 0.25) is 0 Å². The standard InChI is InChI=1S/C2HCl3O/c3-1(4)2(5)6/h1H/i1+1. The summed E-state index contributed by atoms with van der Waals surface area (Å²) in [5, 5.41) is -0.738. The van der Waals surface area contributed by atoms with Gasteiger partial charge in [-0.1, -0.05) is 23.2 Å². The first kappa shape index (κ1) is 6.54. The van der Waals surface area contributed by atoms with Crippen LogP contribution in [0.15, 0.2) is 0 Å². The fourth-order valence-electron chi connectivity index (χ4n) is 0. The maximum Gasteiger partial charge on any atom is 0.254 e. The van der Waals surface area contributed by atoms with Crippen LogP contribution in [0.5, 0.6) is 0 Å². The lowest BCUT2D eigenvalue weighted by Crippen LogP contribution is -1.95. The summed E-state index contributed by atoms with van der Waals surface area (Å²) in [6, 6.07) is 0. The van der Waals surface area contributed by atoms with Crippen molar-refractivity contribution in [1.29, 1.82) is 0 Å². The molecule has 0 aromatic rings. The maximum atomic E-state index is 9.65. The van der Waals surface area contributed by atoms with Gasteiger partial charge in [-0.2, -0.15) is 0 Å². The smallest absolute Gasteiger partial charge is 0.254 e. The summed E-state index contributed by atoms with van der Waals surface area (Å²) in [7, 11) is 0. The first-order valence-corrected chi connectivity index (χ1v) is 2.37. The summed E-state index contributed by atoms with van der Waals surface area (Å²) in [6.07, 6.45) is 0. The lowest BCUT2D eigenvalue weighted by molar-refractivity contribution is -0.110. The molecule has 6 heavy (non-hydrogen) atoms. The zero-order valence-electron chi connectivity index (χ0n) is 2.62. The van der Waals surface area contributed by atoms with Gasteiger partial charge in [0.15, 0.2) is 4.84 Å². The van der Waals surface area contributed by atoms with Crippen molar-refractivity contribution in [3.8, 4) is 0 Å². The predicted molar refractivity (Wildman–Crippen MR) is 26.4 cm³/mol. The molecule has 0 aliphatic carbocycles. The van der Waals surface area contributed by atoms with Gasteiger partial charge in [0.05, 0.1) is 0 Å². The maximum absolute atomic E-state index is 9.65. The van der Waals surface area contributed by atoms with Crippen LogP contribution in [0.4, 0.5) is 0 Å². The number of rotatable bonds is 1. The highest BCUT2D eigenvalue weighted by atomic mass is 35.5. The number of halogens is 3. The van der Waals surface area contributed by atoms with Gasteiger partial charge in [-0.15, -0.1) is 0 Å². The summed E-state index contributed by atoms with van der Waals surface area (Å²) >= 11 is 14.5. The van der Waals surface area contributed by atoms with Crippen molar-refractivity contribution in [1.82, 2.24) is 0 Å². The summed E-state index contributed by atoms with van der Waals surface area (Å²) < 4.78 is 0. The molecule has 0 spiro atoms. The molecule has 0 atom stereocenters. The average molecular weight is 148 g/mol. The fraction of sp³-hybridized carbons (Fsp3) is 0.500. The Morgan fingerprint density at radius 3 is 1.67 bits per heavy atom. The Hall–Kier alpha value is 0.540. The van der Waals surface area contributed by atoms with Crippen LogP contribution in [0.3, 0.4) is 0 Å². The van der Waals surface area contributed by atoms with E-state index in [1.54, 1.807) is 0 Å². The Morgan fingerprint density at radius 2 is 1.67 bits per heavy atom. The average Bonchev–Trinajstić information content (AvgIpc) is 1.36. The third kappa shape index (κ3) is 2.76. The normalized spacial score (nSPS) is 9.33. The minimum atomic E-state index is -1.08. The highest BCUT2D eigenvalue weighted by molar-refractivity contribution is 6.75. The van der Waals surface area contributed by atoms with E-state index in [9.17, 15) is 4.79 Å². The Morgan fingerprint density at radius 1 is 1.50 bits per heavy atom. The lowest BCUT2D eigenvalue weighted by atomic mass is 11.3. The van der Waals surface area contributed by atoms with Crippen molar-refractivity contribution in [3.63, 3.8) is 0 Å². The SMILES string of the molecule is O=C(Cl)[13CH](Cl)Cl. The summed E-state index contributed by atoms with van der Waals surface area (Å²) in [5.74, 6) is 0. The van der Waals surface area contributed by atoms with Gasteiger partial charge in [0.1, 0.15) is 0 Å². The van der Waals surface area contributed by atoms with E-state index in [1.807, 2.05) is 0 Å². The Kier molecular flexibility index (Phi) is 2.91. The van der Waals surface area contributed by atoms with Crippen molar-refractivity contribution in [2.75, 3.05) is 0 Å². The first-order valence-electron chi connectivity index (χ1n) is 1.12. The second kappa shape index (κ2) is 2.67. The highest BCUT2D eigenvalue weighted by Gasteiger charge is 2.04. The largest absolute Gasteiger partial charge is 0.278 e. The van der Waals surface area contributed by atoms with E-state index in [0.29, 0.717) is 0 Å². The van der Waals surface area contributed by atoms with Gasteiger partial charge in [0.2, 0.25) is 0 Å². The molecule has 0 unspecified atom stereocenters. The molecule has 0 aromatic carbocycles. The third-order valence-corrected chi connectivity index (χ3v) is 1.01. The first-order chi connectivity index (χ1) is 2.64. The van der Waals surface area contributed by atoms with E-state index in [4.69, 9.17) is 34.8 Å². The number of alkyl halides is 2. The molecule has 0 fully saturated rings. The molecule has 0 N–H and O–H groups in total. The van der Waals surface area contributed by atoms with Crippen LogP contribution in [-0.2, 0) is 4.79 Å². The van der Waals surface area contributed by atoms with Gasteiger partial charge in [-0.25, -0.2) is 0 Å². The molecule has 0 bridgehead atoms. The monoisotopic (exact) mass is 147 g/mol. The summed E-state index contributed by atoms with van der Waals surface area (Å²) in [5.41, 5.74) is 0. The zero-order chi connectivity index (χ0) is 5.15. The molecular formula is C2HCl3O. The molecule has 0 aliphatic rings. The molecule has 0 rings (SSSR count). The van der Waals surface area contributed by atoms with Crippen LogP contribution in [0.25, 0.3) is 0 Å². The van der Waals surface area contributed by atoms with Crippen LogP contribution < -0.4 is 0 Å². The lowest BCUT2D eigenvalue weighted by Gasteiger charge is -1.82. The van der Waals surface area contributed by atoms with Crippen molar-refractivity contribution in [3.05, 3.63) is 0 Å². The van der Waals surface area contributed by atoms with Crippen molar-refractivity contribution >= 4 is 40.0 Å². The molecule has 0 saturated carbocycles. The van der Waals surface area contributed by atoms with E-state index < -0.39 is 10.1 Å². The van der Waals surface area contributed by atoms with Gasteiger partial charge >= 0.3 is 0 Å². The highest BCUT2D eigenvalue weighted by Crippen LogP contribution is 2.03. The third-order valence-electron chi connectivity index (χ3n) is 0.172. The zero-order valence-corrected chi connectivity index (χ0v) is 4.89. The molecule has 0 aromatic heterocycles. The molecule has 0 heterocycles. The molecule has 0 saturated heterocycles. The molecule has 0 amide bonds. The van der Waals surface area contributed by atoms with Crippen LogP contribution in [0, 0.1) is 0 Å². The Balaban J connectivity index is 3.26. The quantitative estimate of drug-likeness (QED) is 0.313. The Labute approximate surface area is 50.2 Å². The minimum absolute atomic E-state index is 0.738. The van der Waals surface area contributed by atoms with Crippen molar-refractivity contribution in [2.45, 2.75) is 4.84 Å². The minimum Gasteiger partial charge on any atom is -0.278 e. The van der Waals surface area contributed by atoms with E-state index >= 15 is 0 Å². The topological polar surface area (TPSA) is 17.1 Å². The van der Waals surface area contributed by atoms with Gasteiger partial charge < -0.3 is 0 Å². The van der Waals surface area contributed by atoms with E-state index in [-0.39, 0.29) is 0 Å². The molecule has 36 valence electrons. The van der Waals surface area contributed by atoms with Gasteiger partial charge in [-0.3, -0.25) is 4.79 Å². The van der Waals surface area contributed by atoms with Crippen molar-refractivity contribution < 1.29 is 4.79 Å². The second-order valence-electron chi connectivity index (χ2n) is 0.605. The van der Waals surface area contributed by atoms with Gasteiger partial charge in [0.25, 0.3) is 5.24 Å². The number of hydrogen-bond donors (Lipinski definition) is 0. The molecular weight excluding hydrogens is 147 g/mol. The fourth-order valence-corrected chi connectivity index (χ4v) is 0. The number of hydrogen-bond acceptors (Lipinski definition) is 1. The van der Waals surface area contributed by atoms with E-state index in [2.05, 4.69) is 0 Å². The molecule has 1 nitrogen and oxygen atoms in total. The molecule has 4 heteroatoms. The predicted octanol–water partition coefficient (Wildman–Crippen LogP) is 1.56. The van der Waals surface area contributed by atoms with Crippen LogP contribution >= 0.6 is 34.8 Å². The summed E-state index contributed by atoms with van der Waals surface area (Å²) in [6.45, 7) is 0. The van der Waals surface area contributed by atoms with Crippen LogP contribution in [0.1, 0.15) is 0 Å². The number of carbonyl (C=O) groups excluding carboxylic acids is 1. The second-order valence-corrected chi connectivity index (χ2v) is 2.07. The Bertz CT molecular complexity index is 59.8. The van der Waals surface area contributed by atoms with Gasteiger partial charge in [-0.05, 0) is 11.6 Å². The molecule has 0 aliphatic heterocycles.